The molecule has 2 aromatic carbocycles. The van der Waals surface area contributed by atoms with Crippen LogP contribution in [0.4, 0.5) is 0 Å². The van der Waals surface area contributed by atoms with Gasteiger partial charge < -0.3 is 5.21 Å². The van der Waals surface area contributed by atoms with E-state index in [2.05, 4.69) is 51.6 Å². The highest BCUT2D eigenvalue weighted by atomic mass is 79.9. The van der Waals surface area contributed by atoms with Crippen molar-refractivity contribution in [3.05, 3.63) is 64.1 Å². The Balaban J connectivity index is 2.44. The minimum absolute atomic E-state index is 0.589. The number of benzene rings is 2. The molecule has 0 aliphatic heterocycles. The second-order valence-corrected chi connectivity index (χ2v) is 6.32. The van der Waals surface area contributed by atoms with E-state index in [0.29, 0.717) is 5.71 Å². The van der Waals surface area contributed by atoms with Gasteiger partial charge in [-0.1, -0.05) is 45.4 Å². The van der Waals surface area contributed by atoms with Crippen molar-refractivity contribution in [1.82, 2.24) is 0 Å². The van der Waals surface area contributed by atoms with Crippen molar-refractivity contribution < 1.29 is 5.21 Å². The maximum atomic E-state index is 9.12. The van der Waals surface area contributed by atoms with Crippen molar-refractivity contribution in [3.63, 3.8) is 0 Å². The monoisotopic (exact) mass is 361 g/mol. The lowest BCUT2D eigenvalue weighted by molar-refractivity contribution is 0.319. The van der Waals surface area contributed by atoms with Gasteiger partial charge in [-0.05, 0) is 54.6 Å². The van der Waals surface area contributed by atoms with Crippen LogP contribution in [-0.4, -0.2) is 17.2 Å². The van der Waals surface area contributed by atoms with E-state index in [1.165, 1.54) is 4.90 Å². The Labute approximate surface area is 137 Å². The van der Waals surface area contributed by atoms with E-state index in [4.69, 9.17) is 5.21 Å². The second-order valence-electron chi connectivity index (χ2n) is 4.52. The summed E-state index contributed by atoms with van der Waals surface area (Å²) in [6.45, 7) is 1.80. The van der Waals surface area contributed by atoms with Crippen molar-refractivity contribution in [3.8, 4) is 0 Å². The highest BCUT2D eigenvalue weighted by molar-refractivity contribution is 9.10. The van der Waals surface area contributed by atoms with Gasteiger partial charge in [0.25, 0.3) is 0 Å². The maximum Gasteiger partial charge on any atom is 0.0843 e. The first-order valence-electron chi connectivity index (χ1n) is 6.45. The number of hydrogen-bond acceptors (Lipinski definition) is 3. The van der Waals surface area contributed by atoms with Gasteiger partial charge in [0.1, 0.15) is 0 Å². The van der Waals surface area contributed by atoms with Crippen molar-refractivity contribution >= 4 is 45.1 Å². The molecular weight excluding hydrogens is 346 g/mol. The molecule has 0 bridgehead atoms. The predicted molar refractivity (Wildman–Crippen MR) is 95.1 cm³/mol. The van der Waals surface area contributed by atoms with Crippen LogP contribution in [0.15, 0.2) is 63.1 Å². The molecule has 0 spiro atoms. The number of hydrogen-bond donors (Lipinski definition) is 1. The minimum atomic E-state index is 0.589. The Morgan fingerprint density at radius 2 is 1.71 bits per heavy atom. The molecule has 0 amide bonds. The van der Waals surface area contributed by atoms with Gasteiger partial charge in [-0.2, -0.15) is 0 Å². The minimum Gasteiger partial charge on any atom is -0.411 e. The Morgan fingerprint density at radius 1 is 1.10 bits per heavy atom. The van der Waals surface area contributed by atoms with Crippen LogP contribution < -0.4 is 0 Å². The topological polar surface area (TPSA) is 32.6 Å². The number of halogens is 1. The van der Waals surface area contributed by atoms with Gasteiger partial charge in [0.2, 0.25) is 0 Å². The van der Waals surface area contributed by atoms with E-state index in [-0.39, 0.29) is 0 Å². The largest absolute Gasteiger partial charge is 0.411 e. The van der Waals surface area contributed by atoms with Gasteiger partial charge in [-0.3, -0.25) is 0 Å². The van der Waals surface area contributed by atoms with E-state index in [0.717, 1.165) is 21.2 Å². The molecule has 0 fully saturated rings. The molecule has 0 saturated carbocycles. The summed E-state index contributed by atoms with van der Waals surface area (Å²) in [6.07, 6.45) is 4.09. The van der Waals surface area contributed by atoms with Crippen LogP contribution >= 0.6 is 27.7 Å². The fourth-order valence-electron chi connectivity index (χ4n) is 1.95. The number of nitrogens with zero attached hydrogens (tertiary/aromatic N) is 1. The molecular formula is C17H16BrNOS. The molecule has 0 aliphatic carbocycles. The molecule has 0 heterocycles. The fourth-order valence-corrected chi connectivity index (χ4v) is 2.62. The van der Waals surface area contributed by atoms with Crippen LogP contribution in [0, 0.1) is 0 Å². The Morgan fingerprint density at radius 3 is 2.24 bits per heavy atom. The van der Waals surface area contributed by atoms with Gasteiger partial charge in [-0.15, -0.1) is 11.8 Å². The molecule has 0 atom stereocenters. The first kappa shape index (κ1) is 15.9. The Bertz CT molecular complexity index is 660. The standard InChI is InChI=1S/C17H16BrNOS/c1-12(19-20)17(14-5-7-15(18)8-6-14)11-13-3-9-16(21-2)10-4-13/h3-11,20H,1-2H3/b17-11+,19-12+. The first-order valence-corrected chi connectivity index (χ1v) is 8.46. The average molecular weight is 362 g/mol. The molecule has 108 valence electrons. The molecule has 1 N–H and O–H groups in total. The molecule has 4 heteroatoms. The number of rotatable bonds is 4. The summed E-state index contributed by atoms with van der Waals surface area (Å²) < 4.78 is 1.02. The average Bonchev–Trinajstić information content (AvgIpc) is 2.53. The van der Waals surface area contributed by atoms with Crippen molar-refractivity contribution in [1.29, 1.82) is 0 Å². The lowest BCUT2D eigenvalue weighted by Crippen LogP contribution is -1.97. The molecule has 0 radical (unpaired) electrons. The molecule has 21 heavy (non-hydrogen) atoms. The summed E-state index contributed by atoms with van der Waals surface area (Å²) in [6, 6.07) is 16.3. The zero-order chi connectivity index (χ0) is 15.2. The van der Waals surface area contributed by atoms with Crippen molar-refractivity contribution in [2.45, 2.75) is 11.8 Å². The second kappa shape index (κ2) is 7.48. The number of thioether (sulfide) groups is 1. The van der Waals surface area contributed by atoms with Crippen molar-refractivity contribution in [2.24, 2.45) is 5.16 Å². The van der Waals surface area contributed by atoms with Crippen LogP contribution in [0.1, 0.15) is 18.1 Å². The smallest absolute Gasteiger partial charge is 0.0843 e. The summed E-state index contributed by atoms with van der Waals surface area (Å²) in [4.78, 5) is 1.23. The summed E-state index contributed by atoms with van der Waals surface area (Å²) >= 11 is 5.15. The molecule has 0 saturated heterocycles. The molecule has 0 aromatic heterocycles. The summed E-state index contributed by atoms with van der Waals surface area (Å²) in [5, 5.41) is 12.5. The molecule has 2 rings (SSSR count). The van der Waals surface area contributed by atoms with Crippen molar-refractivity contribution in [2.75, 3.05) is 6.26 Å². The maximum absolute atomic E-state index is 9.12. The highest BCUT2D eigenvalue weighted by Crippen LogP contribution is 2.23. The van der Waals surface area contributed by atoms with Crippen LogP contribution in [-0.2, 0) is 0 Å². The Kier molecular flexibility index (Phi) is 5.65. The van der Waals surface area contributed by atoms with E-state index >= 15 is 0 Å². The van der Waals surface area contributed by atoms with Gasteiger partial charge >= 0.3 is 0 Å². The third-order valence-corrected chi connectivity index (χ3v) is 4.39. The van der Waals surface area contributed by atoms with E-state index in [1.807, 2.05) is 30.3 Å². The molecule has 2 nitrogen and oxygen atoms in total. The van der Waals surface area contributed by atoms with Crippen LogP contribution in [0.25, 0.3) is 11.6 Å². The van der Waals surface area contributed by atoms with Gasteiger partial charge in [-0.25, -0.2) is 0 Å². The zero-order valence-corrected chi connectivity index (χ0v) is 14.3. The Hall–Kier alpha value is -1.52. The lowest BCUT2D eigenvalue weighted by atomic mass is 9.99. The fraction of sp³-hybridized carbons (Fsp3) is 0.118. The van der Waals surface area contributed by atoms with E-state index < -0.39 is 0 Å². The predicted octanol–water partition coefficient (Wildman–Crippen LogP) is 5.56. The third-order valence-electron chi connectivity index (χ3n) is 3.12. The third kappa shape index (κ3) is 4.22. The number of allylic oxidation sites excluding steroid dienone is 1. The molecule has 0 unspecified atom stereocenters. The summed E-state index contributed by atoms with van der Waals surface area (Å²) in [5.41, 5.74) is 3.59. The van der Waals surface area contributed by atoms with Gasteiger partial charge in [0, 0.05) is 14.9 Å². The summed E-state index contributed by atoms with van der Waals surface area (Å²) in [5.74, 6) is 0. The van der Waals surface area contributed by atoms with Gasteiger partial charge in [0.15, 0.2) is 0 Å². The normalized spacial score (nSPS) is 12.5. The zero-order valence-electron chi connectivity index (χ0n) is 11.9. The van der Waals surface area contributed by atoms with Gasteiger partial charge in [0.05, 0.1) is 5.71 Å². The quantitative estimate of drug-likeness (QED) is 0.254. The highest BCUT2D eigenvalue weighted by Gasteiger charge is 2.06. The van der Waals surface area contributed by atoms with E-state index in [1.54, 1.807) is 18.7 Å². The lowest BCUT2D eigenvalue weighted by Gasteiger charge is -2.07. The first-order chi connectivity index (χ1) is 10.1. The molecule has 0 aliphatic rings. The van der Waals surface area contributed by atoms with Crippen LogP contribution in [0.5, 0.6) is 0 Å². The SMILES string of the molecule is CSc1ccc(/C=C(\C(C)=N\O)c2ccc(Br)cc2)cc1. The van der Waals surface area contributed by atoms with Crippen LogP contribution in [0.3, 0.4) is 0 Å². The number of oxime groups is 1. The van der Waals surface area contributed by atoms with Crippen LogP contribution in [0.2, 0.25) is 0 Å². The van der Waals surface area contributed by atoms with E-state index in [9.17, 15) is 0 Å². The summed E-state index contributed by atoms with van der Waals surface area (Å²) in [7, 11) is 0. The molecule has 2 aromatic rings.